The molecule has 2 aromatic rings. The predicted octanol–water partition coefficient (Wildman–Crippen LogP) is 1.85. The lowest BCUT2D eigenvalue weighted by atomic mass is 10.2. The molecule has 0 aliphatic carbocycles. The first kappa shape index (κ1) is 13.8. The van der Waals surface area contributed by atoms with Gasteiger partial charge in [0.2, 0.25) is 5.88 Å². The summed E-state index contributed by atoms with van der Waals surface area (Å²) < 4.78 is 5.74. The number of rotatable bonds is 4. The second kappa shape index (κ2) is 6.54. The van der Waals surface area contributed by atoms with Gasteiger partial charge in [0.25, 0.3) is 0 Å². The number of nitrogens with zero attached hydrogens (tertiary/aromatic N) is 3. The summed E-state index contributed by atoms with van der Waals surface area (Å²) in [5.74, 6) is 1.46. The van der Waals surface area contributed by atoms with E-state index < -0.39 is 0 Å². The van der Waals surface area contributed by atoms with Crippen LogP contribution in [0, 0.1) is 0 Å². The molecule has 0 unspecified atom stereocenters. The molecule has 1 aliphatic rings. The van der Waals surface area contributed by atoms with Gasteiger partial charge < -0.3 is 15.0 Å². The quantitative estimate of drug-likeness (QED) is 0.928. The van der Waals surface area contributed by atoms with Gasteiger partial charge in [-0.05, 0) is 12.5 Å². The highest BCUT2D eigenvalue weighted by atomic mass is 16.5. The minimum atomic E-state index is 0.414. The molecule has 1 aromatic heterocycles. The zero-order valence-electron chi connectivity index (χ0n) is 12.2. The van der Waals surface area contributed by atoms with Crippen LogP contribution in [0.3, 0.4) is 0 Å². The highest BCUT2D eigenvalue weighted by Gasteiger charge is 2.19. The number of anilines is 1. The third-order valence-electron chi connectivity index (χ3n) is 3.62. The third-order valence-corrected chi connectivity index (χ3v) is 3.62. The number of nitrogens with one attached hydrogen (secondary N) is 1. The molecule has 1 saturated heterocycles. The second-order valence-corrected chi connectivity index (χ2v) is 5.24. The molecular formula is C16H20N4O. The van der Waals surface area contributed by atoms with E-state index in [1.165, 1.54) is 0 Å². The molecule has 1 fully saturated rings. The van der Waals surface area contributed by atoms with E-state index in [1.54, 1.807) is 12.4 Å². The standard InChI is InChI=1S/C16H20N4O/c1-13-9-17-7-8-20(13)15-10-18-11-16(19-15)21-12-14-5-3-2-4-6-14/h2-6,10-11,13,17H,7-9,12H2,1H3/t13-/m0/s1. The maximum atomic E-state index is 5.74. The fraction of sp³-hybridized carbons (Fsp3) is 0.375. The molecule has 3 rings (SSSR count). The van der Waals surface area contributed by atoms with Crippen molar-refractivity contribution in [3.05, 3.63) is 48.3 Å². The van der Waals surface area contributed by atoms with Gasteiger partial charge in [-0.2, -0.15) is 4.98 Å². The van der Waals surface area contributed by atoms with E-state index in [1.807, 2.05) is 30.3 Å². The summed E-state index contributed by atoms with van der Waals surface area (Å²) in [4.78, 5) is 11.1. The summed E-state index contributed by atoms with van der Waals surface area (Å²) in [5, 5.41) is 3.37. The zero-order valence-corrected chi connectivity index (χ0v) is 12.2. The molecule has 5 heteroatoms. The molecule has 0 radical (unpaired) electrons. The van der Waals surface area contributed by atoms with Crippen LogP contribution < -0.4 is 15.0 Å². The van der Waals surface area contributed by atoms with Crippen molar-refractivity contribution in [1.82, 2.24) is 15.3 Å². The molecule has 1 atom stereocenters. The summed E-state index contributed by atoms with van der Waals surface area (Å²) in [5.41, 5.74) is 1.13. The SMILES string of the molecule is C[C@H]1CNCCN1c1cncc(OCc2ccccc2)n1. The lowest BCUT2D eigenvalue weighted by Crippen LogP contribution is -2.50. The normalized spacial score (nSPS) is 18.5. The first-order valence-electron chi connectivity index (χ1n) is 7.29. The zero-order chi connectivity index (χ0) is 14.5. The number of piperazine rings is 1. The van der Waals surface area contributed by atoms with Crippen molar-refractivity contribution >= 4 is 5.82 Å². The van der Waals surface area contributed by atoms with E-state index in [0.717, 1.165) is 31.0 Å². The second-order valence-electron chi connectivity index (χ2n) is 5.24. The highest BCUT2D eigenvalue weighted by Crippen LogP contribution is 2.18. The Bertz CT molecular complexity index is 575. The average molecular weight is 284 g/mol. The maximum absolute atomic E-state index is 5.74. The van der Waals surface area contributed by atoms with Crippen molar-refractivity contribution in [1.29, 1.82) is 0 Å². The van der Waals surface area contributed by atoms with Crippen molar-refractivity contribution in [2.75, 3.05) is 24.5 Å². The molecule has 110 valence electrons. The third kappa shape index (κ3) is 3.49. The van der Waals surface area contributed by atoms with Gasteiger partial charge in [0.15, 0.2) is 5.82 Å². The molecule has 21 heavy (non-hydrogen) atoms. The molecule has 1 aliphatic heterocycles. The van der Waals surface area contributed by atoms with Gasteiger partial charge in [0.1, 0.15) is 6.61 Å². The smallest absolute Gasteiger partial charge is 0.234 e. The average Bonchev–Trinajstić information content (AvgIpc) is 2.55. The summed E-state index contributed by atoms with van der Waals surface area (Å²) >= 11 is 0. The molecule has 1 aromatic carbocycles. The van der Waals surface area contributed by atoms with Gasteiger partial charge in [-0.15, -0.1) is 0 Å². The molecule has 0 bridgehead atoms. The predicted molar refractivity (Wildman–Crippen MR) is 82.5 cm³/mol. The number of aromatic nitrogens is 2. The van der Waals surface area contributed by atoms with E-state index in [4.69, 9.17) is 4.74 Å². The first-order valence-corrected chi connectivity index (χ1v) is 7.29. The van der Waals surface area contributed by atoms with Crippen molar-refractivity contribution < 1.29 is 4.74 Å². The lowest BCUT2D eigenvalue weighted by Gasteiger charge is -2.34. The Morgan fingerprint density at radius 3 is 2.95 bits per heavy atom. The van der Waals surface area contributed by atoms with E-state index >= 15 is 0 Å². The van der Waals surface area contributed by atoms with Crippen LogP contribution in [0.1, 0.15) is 12.5 Å². The Morgan fingerprint density at radius 2 is 2.14 bits per heavy atom. The van der Waals surface area contributed by atoms with E-state index in [-0.39, 0.29) is 0 Å². The van der Waals surface area contributed by atoms with Gasteiger partial charge in [-0.25, -0.2) is 0 Å². The largest absolute Gasteiger partial charge is 0.472 e. The fourth-order valence-corrected chi connectivity index (χ4v) is 2.46. The van der Waals surface area contributed by atoms with Crippen LogP contribution in [-0.4, -0.2) is 35.6 Å². The van der Waals surface area contributed by atoms with Gasteiger partial charge in [-0.1, -0.05) is 30.3 Å². The number of ether oxygens (including phenoxy) is 1. The molecule has 0 spiro atoms. The molecule has 1 N–H and O–H groups in total. The van der Waals surface area contributed by atoms with Crippen molar-refractivity contribution in [2.24, 2.45) is 0 Å². The van der Waals surface area contributed by atoms with E-state index in [2.05, 4.69) is 27.1 Å². The van der Waals surface area contributed by atoms with Crippen molar-refractivity contribution in [2.45, 2.75) is 19.6 Å². The topological polar surface area (TPSA) is 50.3 Å². The highest BCUT2D eigenvalue weighted by molar-refractivity contribution is 5.39. The number of hydrogen-bond donors (Lipinski definition) is 1. The van der Waals surface area contributed by atoms with Gasteiger partial charge in [0.05, 0.1) is 12.4 Å². The van der Waals surface area contributed by atoms with Crippen LogP contribution in [0.5, 0.6) is 5.88 Å². The van der Waals surface area contributed by atoms with Crippen LogP contribution in [0.4, 0.5) is 5.82 Å². The number of benzene rings is 1. The van der Waals surface area contributed by atoms with Crippen LogP contribution in [0.2, 0.25) is 0 Å². The summed E-state index contributed by atoms with van der Waals surface area (Å²) in [7, 11) is 0. The monoisotopic (exact) mass is 284 g/mol. The molecular weight excluding hydrogens is 264 g/mol. The fourth-order valence-electron chi connectivity index (χ4n) is 2.46. The van der Waals surface area contributed by atoms with Crippen LogP contribution >= 0.6 is 0 Å². The van der Waals surface area contributed by atoms with Crippen LogP contribution in [0.15, 0.2) is 42.7 Å². The van der Waals surface area contributed by atoms with Crippen LogP contribution in [-0.2, 0) is 6.61 Å². The van der Waals surface area contributed by atoms with Gasteiger partial charge >= 0.3 is 0 Å². The van der Waals surface area contributed by atoms with E-state index in [9.17, 15) is 0 Å². The van der Waals surface area contributed by atoms with Crippen molar-refractivity contribution in [3.63, 3.8) is 0 Å². The van der Waals surface area contributed by atoms with Gasteiger partial charge in [0, 0.05) is 25.7 Å². The Hall–Kier alpha value is -2.14. The van der Waals surface area contributed by atoms with Crippen LogP contribution in [0.25, 0.3) is 0 Å². The first-order chi connectivity index (χ1) is 10.3. The van der Waals surface area contributed by atoms with Gasteiger partial charge in [-0.3, -0.25) is 4.98 Å². The maximum Gasteiger partial charge on any atom is 0.234 e. The molecule has 5 nitrogen and oxygen atoms in total. The molecule has 0 amide bonds. The number of hydrogen-bond acceptors (Lipinski definition) is 5. The Labute approximate surface area is 125 Å². The molecule has 2 heterocycles. The summed E-state index contributed by atoms with van der Waals surface area (Å²) in [6.07, 6.45) is 3.47. The Balaban J connectivity index is 1.68. The molecule has 0 saturated carbocycles. The summed E-state index contributed by atoms with van der Waals surface area (Å²) in [6, 6.07) is 10.5. The van der Waals surface area contributed by atoms with Crippen molar-refractivity contribution in [3.8, 4) is 5.88 Å². The Kier molecular flexibility index (Phi) is 4.31. The summed E-state index contributed by atoms with van der Waals surface area (Å²) in [6.45, 7) is 5.58. The minimum Gasteiger partial charge on any atom is -0.472 e. The van der Waals surface area contributed by atoms with E-state index in [0.29, 0.717) is 18.5 Å². The Morgan fingerprint density at radius 1 is 1.29 bits per heavy atom. The lowest BCUT2D eigenvalue weighted by molar-refractivity contribution is 0.292. The minimum absolute atomic E-state index is 0.414.